The van der Waals surface area contributed by atoms with Gasteiger partial charge in [-0.05, 0) is 42.3 Å². The highest BCUT2D eigenvalue weighted by Gasteiger charge is 2.17. The second-order valence-electron chi connectivity index (χ2n) is 7.25. The molecule has 158 valence electrons. The Balaban J connectivity index is 1.54. The molecule has 1 aromatic heterocycles. The first kappa shape index (κ1) is 21.5. The summed E-state index contributed by atoms with van der Waals surface area (Å²) in [4.78, 5) is 14.2. The van der Waals surface area contributed by atoms with Gasteiger partial charge < -0.3 is 24.1 Å². The Morgan fingerprint density at radius 3 is 2.57 bits per heavy atom. The maximum Gasteiger partial charge on any atom is 0.277 e. The number of benzene rings is 2. The van der Waals surface area contributed by atoms with Gasteiger partial charge in [-0.3, -0.25) is 4.79 Å². The average Bonchev–Trinajstić information content (AvgIpc) is 3.32. The summed E-state index contributed by atoms with van der Waals surface area (Å²) in [6, 6.07) is 19.6. The molecular weight excluding hydrogens is 380 g/mol. The van der Waals surface area contributed by atoms with Crippen LogP contribution in [0.2, 0.25) is 0 Å². The van der Waals surface area contributed by atoms with Gasteiger partial charge >= 0.3 is 0 Å². The molecule has 6 heteroatoms. The third-order valence-corrected chi connectivity index (χ3v) is 4.95. The highest BCUT2D eigenvalue weighted by molar-refractivity contribution is 5.76. The van der Waals surface area contributed by atoms with Crippen molar-refractivity contribution < 1.29 is 24.0 Å². The number of rotatable bonds is 10. The summed E-state index contributed by atoms with van der Waals surface area (Å²) in [7, 11) is 3.42. The largest absolute Gasteiger partial charge is 0.493 e. The number of methoxy groups -OCH3 is 1. The fourth-order valence-electron chi connectivity index (χ4n) is 3.13. The fourth-order valence-corrected chi connectivity index (χ4v) is 3.13. The smallest absolute Gasteiger partial charge is 0.277 e. The predicted molar refractivity (Wildman–Crippen MR) is 114 cm³/mol. The first-order valence-electron chi connectivity index (χ1n) is 10.0. The van der Waals surface area contributed by atoms with E-state index in [-0.39, 0.29) is 11.9 Å². The van der Waals surface area contributed by atoms with Gasteiger partial charge in [0.25, 0.3) is 5.91 Å². The number of furan rings is 1. The summed E-state index contributed by atoms with van der Waals surface area (Å²) in [5.74, 6) is 2.25. The van der Waals surface area contributed by atoms with Crippen LogP contribution in [0.1, 0.15) is 29.9 Å². The number of hydrogen-bond donors (Lipinski definition) is 1. The normalized spacial score (nSPS) is 11.7. The number of carbonyl (C=O) groups is 1. The van der Waals surface area contributed by atoms with Crippen LogP contribution < -0.4 is 14.8 Å². The lowest BCUT2D eigenvalue weighted by Crippen LogP contribution is -2.86. The zero-order valence-electron chi connectivity index (χ0n) is 17.7. The van der Waals surface area contributed by atoms with E-state index in [1.54, 1.807) is 25.3 Å². The molecule has 2 N–H and O–H groups in total. The van der Waals surface area contributed by atoms with Crippen molar-refractivity contribution in [1.82, 2.24) is 4.90 Å². The number of nitrogens with zero attached hydrogens (tertiary/aromatic N) is 1. The lowest BCUT2D eigenvalue weighted by Gasteiger charge is -2.18. The Labute approximate surface area is 177 Å². The van der Waals surface area contributed by atoms with Gasteiger partial charge in [0.2, 0.25) is 0 Å². The molecule has 0 unspecified atom stereocenters. The van der Waals surface area contributed by atoms with E-state index in [1.807, 2.05) is 72.9 Å². The van der Waals surface area contributed by atoms with Gasteiger partial charge in [-0.15, -0.1) is 0 Å². The number of carbonyl (C=O) groups excluding carboxylic acids is 1. The van der Waals surface area contributed by atoms with Crippen LogP contribution in [0.15, 0.2) is 71.3 Å². The molecule has 0 saturated heterocycles. The molecular formula is C24H29N2O4+. The summed E-state index contributed by atoms with van der Waals surface area (Å²) in [6.45, 7) is 3.34. The molecule has 0 spiro atoms. The van der Waals surface area contributed by atoms with E-state index < -0.39 is 0 Å². The van der Waals surface area contributed by atoms with E-state index in [9.17, 15) is 4.79 Å². The first-order chi connectivity index (χ1) is 14.6. The van der Waals surface area contributed by atoms with Gasteiger partial charge in [0.05, 0.1) is 13.4 Å². The molecule has 1 heterocycles. The van der Waals surface area contributed by atoms with Gasteiger partial charge in [0.15, 0.2) is 23.8 Å². The molecule has 0 aliphatic carbocycles. The number of amides is 1. The highest BCUT2D eigenvalue weighted by atomic mass is 16.5. The van der Waals surface area contributed by atoms with Crippen LogP contribution >= 0.6 is 0 Å². The lowest BCUT2D eigenvalue weighted by atomic mass is 10.2. The molecule has 2 aromatic carbocycles. The summed E-state index contributed by atoms with van der Waals surface area (Å²) in [5.41, 5.74) is 2.07. The predicted octanol–water partition coefficient (Wildman–Crippen LogP) is 3.15. The zero-order valence-corrected chi connectivity index (χ0v) is 17.7. The van der Waals surface area contributed by atoms with Crippen LogP contribution in [0, 0.1) is 0 Å². The van der Waals surface area contributed by atoms with Crippen molar-refractivity contribution in [3.05, 3.63) is 83.8 Å². The van der Waals surface area contributed by atoms with E-state index in [4.69, 9.17) is 13.9 Å². The molecule has 1 atom stereocenters. The Bertz CT molecular complexity index is 926. The molecule has 0 saturated carbocycles. The van der Waals surface area contributed by atoms with Crippen molar-refractivity contribution in [2.24, 2.45) is 0 Å². The molecule has 0 radical (unpaired) electrons. The van der Waals surface area contributed by atoms with Crippen molar-refractivity contribution in [3.63, 3.8) is 0 Å². The minimum absolute atomic E-state index is 0.0526. The number of ether oxygens (including phenoxy) is 2. The Hall–Kier alpha value is -3.25. The van der Waals surface area contributed by atoms with Crippen molar-refractivity contribution in [1.29, 1.82) is 0 Å². The summed E-state index contributed by atoms with van der Waals surface area (Å²) >= 11 is 0. The second-order valence-corrected chi connectivity index (χ2v) is 7.25. The molecule has 3 rings (SSSR count). The quantitative estimate of drug-likeness (QED) is 0.559. The first-order valence-corrected chi connectivity index (χ1v) is 10.0. The molecule has 0 fully saturated rings. The number of likely N-dealkylation sites (N-methyl/N-ethyl adjacent to an activating group) is 1. The lowest BCUT2D eigenvalue weighted by molar-refractivity contribution is -0.685. The van der Waals surface area contributed by atoms with Crippen LogP contribution in [-0.2, 0) is 17.9 Å². The monoisotopic (exact) mass is 409 g/mol. The SMILES string of the molecule is COc1cc(CN(C)C(=O)C[NH2+][C@@H](C)c2ccco2)ccc1OCc1ccccc1. The molecule has 3 aromatic rings. The van der Waals surface area contributed by atoms with Crippen molar-refractivity contribution in [2.45, 2.75) is 26.1 Å². The Morgan fingerprint density at radius 2 is 1.87 bits per heavy atom. The van der Waals surface area contributed by atoms with E-state index in [0.717, 1.165) is 16.9 Å². The Kier molecular flexibility index (Phi) is 7.51. The molecule has 0 aliphatic rings. The summed E-state index contributed by atoms with van der Waals surface area (Å²) < 4.78 is 16.8. The van der Waals surface area contributed by atoms with Gasteiger partial charge in [-0.25, -0.2) is 0 Å². The molecule has 30 heavy (non-hydrogen) atoms. The minimum atomic E-state index is 0.0526. The highest BCUT2D eigenvalue weighted by Crippen LogP contribution is 2.29. The van der Waals surface area contributed by atoms with E-state index in [0.29, 0.717) is 31.2 Å². The van der Waals surface area contributed by atoms with Gasteiger partial charge in [-0.1, -0.05) is 36.4 Å². The van der Waals surface area contributed by atoms with Gasteiger partial charge in [0.1, 0.15) is 12.6 Å². The second kappa shape index (κ2) is 10.5. The van der Waals surface area contributed by atoms with Crippen molar-refractivity contribution >= 4 is 5.91 Å². The third-order valence-electron chi connectivity index (χ3n) is 4.95. The van der Waals surface area contributed by atoms with Crippen molar-refractivity contribution in [2.75, 3.05) is 20.7 Å². The maximum atomic E-state index is 12.5. The van der Waals surface area contributed by atoms with Crippen LogP contribution in [-0.4, -0.2) is 31.5 Å². The van der Waals surface area contributed by atoms with Crippen molar-refractivity contribution in [3.8, 4) is 11.5 Å². The van der Waals surface area contributed by atoms with Gasteiger partial charge in [0, 0.05) is 13.6 Å². The zero-order chi connectivity index (χ0) is 21.3. The number of quaternary nitrogens is 1. The number of nitrogens with two attached hydrogens (primary N) is 1. The van der Waals surface area contributed by atoms with Gasteiger partial charge in [-0.2, -0.15) is 0 Å². The number of hydrogen-bond acceptors (Lipinski definition) is 4. The van der Waals surface area contributed by atoms with Crippen LogP contribution in [0.5, 0.6) is 11.5 Å². The minimum Gasteiger partial charge on any atom is -0.493 e. The average molecular weight is 410 g/mol. The maximum absolute atomic E-state index is 12.5. The van der Waals surface area contributed by atoms with Crippen LogP contribution in [0.4, 0.5) is 0 Å². The summed E-state index contributed by atoms with van der Waals surface area (Å²) in [6.07, 6.45) is 1.65. The molecule has 1 amide bonds. The Morgan fingerprint density at radius 1 is 1.07 bits per heavy atom. The van der Waals surface area contributed by atoms with E-state index in [1.165, 1.54) is 0 Å². The molecule has 0 bridgehead atoms. The third kappa shape index (κ3) is 5.87. The standard InChI is InChI=1S/C24H28N2O4/c1-18(21-10-7-13-29-21)25-15-24(27)26(2)16-20-11-12-22(23(14-20)28-3)30-17-19-8-5-4-6-9-19/h4-14,18,25H,15-17H2,1-3H3/p+1/t18-/m0/s1. The summed E-state index contributed by atoms with van der Waals surface area (Å²) in [5, 5.41) is 1.97. The fraction of sp³-hybridized carbons (Fsp3) is 0.292. The van der Waals surface area contributed by atoms with Crippen LogP contribution in [0.25, 0.3) is 0 Å². The topological polar surface area (TPSA) is 68.5 Å². The van der Waals surface area contributed by atoms with Crippen LogP contribution in [0.3, 0.4) is 0 Å². The molecule has 0 aliphatic heterocycles. The van der Waals surface area contributed by atoms with E-state index in [2.05, 4.69) is 0 Å². The van der Waals surface area contributed by atoms with E-state index >= 15 is 0 Å². The molecule has 6 nitrogen and oxygen atoms in total.